The number of ketones is 1. The molecule has 3 nitrogen and oxygen atoms in total. The van der Waals surface area contributed by atoms with Crippen molar-refractivity contribution in [3.8, 4) is 11.8 Å². The topological polar surface area (TPSA) is 57.5 Å². The molecule has 4 aliphatic carbocycles. The number of hydrogen-bond acceptors (Lipinski definition) is 3. The van der Waals surface area contributed by atoms with Crippen molar-refractivity contribution in [2.24, 2.45) is 17.3 Å². The van der Waals surface area contributed by atoms with E-state index >= 15 is 0 Å². The molecule has 0 heterocycles. The lowest BCUT2D eigenvalue weighted by Crippen LogP contribution is -2.54. The maximum absolute atomic E-state index is 12.2. The fraction of sp³-hybridized carbons (Fsp3) is 0.581. The quantitative estimate of drug-likeness (QED) is 0.538. The number of aliphatic hydroxyl groups is 2. The number of aliphatic hydroxyl groups excluding tert-OH is 1. The van der Waals surface area contributed by atoms with Gasteiger partial charge in [0.1, 0.15) is 0 Å². The van der Waals surface area contributed by atoms with Crippen LogP contribution in [-0.4, -0.2) is 27.7 Å². The Morgan fingerprint density at radius 3 is 2.44 bits per heavy atom. The van der Waals surface area contributed by atoms with Gasteiger partial charge in [-0.05, 0) is 84.6 Å². The minimum absolute atomic E-state index is 0.0869. The van der Waals surface area contributed by atoms with E-state index in [4.69, 9.17) is 0 Å². The smallest absolute Gasteiger partial charge is 0.156 e. The summed E-state index contributed by atoms with van der Waals surface area (Å²) in [4.78, 5) is 12.2. The Labute approximate surface area is 204 Å². The molecule has 0 saturated heterocycles. The Morgan fingerprint density at radius 2 is 1.79 bits per heavy atom. The van der Waals surface area contributed by atoms with Crippen LogP contribution in [0.4, 0.5) is 0 Å². The molecular weight excluding hydrogens is 420 g/mol. The number of allylic oxidation sites excluding steroid dienone is 4. The monoisotopic (exact) mass is 458 g/mol. The van der Waals surface area contributed by atoms with Gasteiger partial charge in [-0.3, -0.25) is 4.79 Å². The fourth-order valence-corrected chi connectivity index (χ4v) is 7.61. The van der Waals surface area contributed by atoms with Crippen LogP contribution in [0.15, 0.2) is 47.1 Å². The molecule has 0 amide bonds. The Hall–Kier alpha value is -2.15. The molecular formula is C31H38O3. The first-order chi connectivity index (χ1) is 16.0. The van der Waals surface area contributed by atoms with E-state index in [0.29, 0.717) is 18.8 Å². The van der Waals surface area contributed by atoms with Crippen LogP contribution >= 0.6 is 0 Å². The SMILES string of the molecule is CC#CC1(O)C(O)C[C@H]2[C@@H]3CCC4=CC(=O)CCC4=C3C(c3ccc(C(C)(C)C)cc3)C[C@@]21C. The van der Waals surface area contributed by atoms with Crippen LogP contribution in [0.25, 0.3) is 0 Å². The summed E-state index contributed by atoms with van der Waals surface area (Å²) in [6.07, 6.45) is 5.66. The highest BCUT2D eigenvalue weighted by atomic mass is 16.3. The highest BCUT2D eigenvalue weighted by Gasteiger charge is 2.66. The first-order valence-corrected chi connectivity index (χ1v) is 12.9. The van der Waals surface area contributed by atoms with Crippen LogP contribution in [0.3, 0.4) is 0 Å². The summed E-state index contributed by atoms with van der Waals surface area (Å²) in [5.74, 6) is 6.85. The molecule has 3 unspecified atom stereocenters. The molecule has 0 radical (unpaired) electrons. The predicted octanol–water partition coefficient (Wildman–Crippen LogP) is 5.61. The highest BCUT2D eigenvalue weighted by molar-refractivity contribution is 5.93. The third kappa shape index (κ3) is 3.37. The van der Waals surface area contributed by atoms with Crippen molar-refractivity contribution in [3.05, 3.63) is 58.2 Å². The molecule has 34 heavy (non-hydrogen) atoms. The Morgan fingerprint density at radius 1 is 1.09 bits per heavy atom. The van der Waals surface area contributed by atoms with Crippen molar-refractivity contribution < 1.29 is 15.0 Å². The van der Waals surface area contributed by atoms with Gasteiger partial charge in [-0.1, -0.05) is 63.5 Å². The normalized spacial score (nSPS) is 37.3. The second-order valence-electron chi connectivity index (χ2n) is 12.3. The molecule has 180 valence electrons. The van der Waals surface area contributed by atoms with Gasteiger partial charge in [-0.25, -0.2) is 0 Å². The lowest BCUT2D eigenvalue weighted by molar-refractivity contribution is -0.114. The molecule has 1 aromatic carbocycles. The summed E-state index contributed by atoms with van der Waals surface area (Å²) in [5, 5.41) is 22.9. The highest BCUT2D eigenvalue weighted by Crippen LogP contribution is 2.66. The van der Waals surface area contributed by atoms with Crippen LogP contribution in [0.1, 0.15) is 90.2 Å². The molecule has 2 N–H and O–H groups in total. The van der Waals surface area contributed by atoms with E-state index in [9.17, 15) is 15.0 Å². The van der Waals surface area contributed by atoms with E-state index in [-0.39, 0.29) is 23.0 Å². The third-order valence-electron chi connectivity index (χ3n) is 9.45. The van der Waals surface area contributed by atoms with Gasteiger partial charge >= 0.3 is 0 Å². The summed E-state index contributed by atoms with van der Waals surface area (Å²) in [6.45, 7) is 10.6. The third-order valence-corrected chi connectivity index (χ3v) is 9.45. The molecule has 5 rings (SSSR count). The van der Waals surface area contributed by atoms with E-state index in [1.165, 1.54) is 27.8 Å². The van der Waals surface area contributed by atoms with Gasteiger partial charge in [0, 0.05) is 17.8 Å². The first kappa shape index (κ1) is 23.6. The van der Waals surface area contributed by atoms with Crippen molar-refractivity contribution in [2.75, 3.05) is 0 Å². The summed E-state index contributed by atoms with van der Waals surface area (Å²) in [7, 11) is 0. The molecule has 1 aromatic rings. The minimum atomic E-state index is -1.40. The lowest BCUT2D eigenvalue weighted by atomic mass is 9.51. The van der Waals surface area contributed by atoms with E-state index < -0.39 is 17.1 Å². The van der Waals surface area contributed by atoms with Gasteiger partial charge in [-0.2, -0.15) is 0 Å². The molecule has 0 aliphatic heterocycles. The number of carbonyl (C=O) groups is 1. The first-order valence-electron chi connectivity index (χ1n) is 12.9. The van der Waals surface area contributed by atoms with Crippen molar-refractivity contribution in [1.82, 2.24) is 0 Å². The zero-order chi connectivity index (χ0) is 24.5. The van der Waals surface area contributed by atoms with Gasteiger partial charge in [0.05, 0.1) is 6.10 Å². The number of hydrogen-bond donors (Lipinski definition) is 2. The Balaban J connectivity index is 1.68. The molecule has 0 spiro atoms. The van der Waals surface area contributed by atoms with Gasteiger partial charge in [0.25, 0.3) is 0 Å². The van der Waals surface area contributed by atoms with Crippen molar-refractivity contribution in [2.45, 2.75) is 96.2 Å². The molecule has 2 saturated carbocycles. The largest absolute Gasteiger partial charge is 0.389 e. The van der Waals surface area contributed by atoms with Gasteiger partial charge in [-0.15, -0.1) is 5.92 Å². The average molecular weight is 459 g/mol. The molecule has 6 atom stereocenters. The molecule has 0 aromatic heterocycles. The summed E-state index contributed by atoms with van der Waals surface area (Å²) >= 11 is 0. The van der Waals surface area contributed by atoms with Crippen molar-refractivity contribution in [3.63, 3.8) is 0 Å². The number of benzene rings is 1. The van der Waals surface area contributed by atoms with Crippen LogP contribution in [0.2, 0.25) is 0 Å². The second-order valence-corrected chi connectivity index (χ2v) is 12.3. The number of rotatable bonds is 1. The van der Waals surface area contributed by atoms with E-state index in [1.807, 2.05) is 6.08 Å². The second kappa shape index (κ2) is 7.94. The fourth-order valence-electron chi connectivity index (χ4n) is 7.61. The van der Waals surface area contributed by atoms with Crippen LogP contribution < -0.4 is 0 Å². The zero-order valence-corrected chi connectivity index (χ0v) is 21.2. The molecule has 3 heteroatoms. The molecule has 0 bridgehead atoms. The minimum Gasteiger partial charge on any atom is -0.389 e. The summed E-state index contributed by atoms with van der Waals surface area (Å²) < 4.78 is 0. The maximum atomic E-state index is 12.2. The Bertz CT molecular complexity index is 1140. The van der Waals surface area contributed by atoms with Crippen molar-refractivity contribution in [1.29, 1.82) is 0 Å². The average Bonchev–Trinajstić information content (AvgIpc) is 2.98. The van der Waals surface area contributed by atoms with Gasteiger partial charge in [0.15, 0.2) is 11.4 Å². The summed E-state index contributed by atoms with van der Waals surface area (Å²) in [6, 6.07) is 9.02. The van der Waals surface area contributed by atoms with Crippen LogP contribution in [0.5, 0.6) is 0 Å². The van der Waals surface area contributed by atoms with Crippen molar-refractivity contribution >= 4 is 5.78 Å². The van der Waals surface area contributed by atoms with E-state index in [1.54, 1.807) is 6.92 Å². The molecule has 4 aliphatic rings. The maximum Gasteiger partial charge on any atom is 0.156 e. The zero-order valence-electron chi connectivity index (χ0n) is 21.2. The Kier molecular flexibility index (Phi) is 5.51. The standard InChI is InChI=1S/C31H38O3/c1-6-15-31(34)27(33)17-26-24-13-9-20-16-22(32)12-14-23(20)28(24)25(18-30(26,31)5)19-7-10-21(11-8-19)29(2,3)4/h7-8,10-11,16,24-27,33-34H,9,12-14,17-18H2,1-5H3/t24-,25?,26-,27?,30-,31?/m0/s1. The van der Waals surface area contributed by atoms with Crippen LogP contribution in [0, 0.1) is 29.1 Å². The lowest BCUT2D eigenvalue weighted by Gasteiger charge is -2.53. The summed E-state index contributed by atoms with van der Waals surface area (Å²) in [5.41, 5.74) is 4.85. The number of fused-ring (bicyclic) bond motifs is 4. The predicted molar refractivity (Wildman–Crippen MR) is 135 cm³/mol. The van der Waals surface area contributed by atoms with E-state index in [0.717, 1.165) is 25.7 Å². The van der Waals surface area contributed by atoms with Crippen LogP contribution in [-0.2, 0) is 10.2 Å². The number of carbonyl (C=O) groups excluding carboxylic acids is 1. The van der Waals surface area contributed by atoms with Gasteiger partial charge in [0.2, 0.25) is 0 Å². The van der Waals surface area contributed by atoms with Gasteiger partial charge < -0.3 is 10.2 Å². The van der Waals surface area contributed by atoms with E-state index in [2.05, 4.69) is 63.8 Å². The molecule has 2 fully saturated rings.